The molecule has 1 aliphatic heterocycles. The Morgan fingerprint density at radius 3 is 2.82 bits per heavy atom. The first-order chi connectivity index (χ1) is 10.7. The Bertz CT molecular complexity index is 358. The molecule has 0 aromatic heterocycles. The molecule has 1 saturated heterocycles. The third-order valence-corrected chi connectivity index (χ3v) is 6.10. The summed E-state index contributed by atoms with van der Waals surface area (Å²) in [5, 5.41) is 4.26. The average molecular weight is 328 g/mol. The van der Waals surface area contributed by atoms with Crippen LogP contribution in [-0.2, 0) is 4.74 Å². The largest absolute Gasteiger partial charge is 0.382 e. The molecule has 2 aliphatic rings. The molecule has 1 saturated carbocycles. The zero-order valence-electron chi connectivity index (χ0n) is 14.6. The van der Waals surface area contributed by atoms with Gasteiger partial charge in [-0.1, -0.05) is 6.92 Å². The van der Waals surface area contributed by atoms with Gasteiger partial charge in [-0.2, -0.15) is 11.8 Å². The predicted octanol–water partition coefficient (Wildman–Crippen LogP) is 2.99. The van der Waals surface area contributed by atoms with Gasteiger partial charge in [-0.3, -0.25) is 4.99 Å². The summed E-state index contributed by atoms with van der Waals surface area (Å²) in [6.07, 6.45) is 5.04. The lowest BCUT2D eigenvalue weighted by Crippen LogP contribution is -2.48. The molecule has 128 valence electrons. The minimum absolute atomic E-state index is 0.435. The number of nitrogens with zero attached hydrogens (tertiary/aromatic N) is 2. The highest BCUT2D eigenvalue weighted by atomic mass is 32.2. The van der Waals surface area contributed by atoms with Gasteiger partial charge in [0.1, 0.15) is 0 Å². The summed E-state index contributed by atoms with van der Waals surface area (Å²) in [4.78, 5) is 7.45. The topological polar surface area (TPSA) is 36.9 Å². The summed E-state index contributed by atoms with van der Waals surface area (Å²) in [6.45, 7) is 12.4. The van der Waals surface area contributed by atoms with Crippen molar-refractivity contribution < 1.29 is 4.74 Å². The second-order valence-corrected chi connectivity index (χ2v) is 7.87. The summed E-state index contributed by atoms with van der Waals surface area (Å²) in [5.74, 6) is 2.35. The third-order valence-electron chi connectivity index (χ3n) is 4.73. The predicted molar refractivity (Wildman–Crippen MR) is 96.9 cm³/mol. The molecule has 0 aromatic rings. The normalized spacial score (nSPS) is 24.4. The van der Waals surface area contributed by atoms with Gasteiger partial charge in [0.25, 0.3) is 0 Å². The van der Waals surface area contributed by atoms with Gasteiger partial charge in [0.15, 0.2) is 5.96 Å². The summed E-state index contributed by atoms with van der Waals surface area (Å²) >= 11 is 2.11. The lowest BCUT2D eigenvalue weighted by atomic mass is 10.0. The first-order valence-corrected chi connectivity index (χ1v) is 10.0. The Morgan fingerprint density at radius 2 is 2.18 bits per heavy atom. The van der Waals surface area contributed by atoms with Gasteiger partial charge in [-0.15, -0.1) is 0 Å². The molecule has 1 heterocycles. The van der Waals surface area contributed by atoms with Crippen LogP contribution in [0.3, 0.4) is 0 Å². The van der Waals surface area contributed by atoms with E-state index in [0.29, 0.717) is 5.41 Å². The Morgan fingerprint density at radius 1 is 1.36 bits per heavy atom. The molecule has 0 radical (unpaired) electrons. The lowest BCUT2D eigenvalue weighted by Gasteiger charge is -2.34. The second-order valence-electron chi connectivity index (χ2n) is 6.46. The van der Waals surface area contributed by atoms with Crippen molar-refractivity contribution in [2.45, 2.75) is 51.7 Å². The van der Waals surface area contributed by atoms with Crippen LogP contribution in [0, 0.1) is 5.41 Å². The maximum atomic E-state index is 5.53. The third kappa shape index (κ3) is 5.34. The quantitative estimate of drug-likeness (QED) is 0.422. The maximum Gasteiger partial charge on any atom is 0.193 e. The number of hydrogen-bond donors (Lipinski definition) is 1. The van der Waals surface area contributed by atoms with Crippen molar-refractivity contribution in [3.05, 3.63) is 0 Å². The minimum Gasteiger partial charge on any atom is -0.382 e. The molecule has 0 amide bonds. The van der Waals surface area contributed by atoms with Gasteiger partial charge in [-0.25, -0.2) is 0 Å². The van der Waals surface area contributed by atoms with Crippen LogP contribution >= 0.6 is 11.8 Å². The Labute approximate surface area is 140 Å². The van der Waals surface area contributed by atoms with Crippen molar-refractivity contribution in [2.24, 2.45) is 10.4 Å². The summed E-state index contributed by atoms with van der Waals surface area (Å²) in [7, 11) is 0. The molecule has 1 unspecified atom stereocenters. The van der Waals surface area contributed by atoms with Crippen LogP contribution in [0.15, 0.2) is 4.99 Å². The highest BCUT2D eigenvalue weighted by Gasteiger charge is 2.42. The van der Waals surface area contributed by atoms with E-state index in [0.717, 1.165) is 57.0 Å². The van der Waals surface area contributed by atoms with Crippen LogP contribution in [0.25, 0.3) is 0 Å². The van der Waals surface area contributed by atoms with E-state index in [9.17, 15) is 0 Å². The fourth-order valence-electron chi connectivity index (χ4n) is 2.92. The van der Waals surface area contributed by atoms with Crippen LogP contribution < -0.4 is 5.32 Å². The van der Waals surface area contributed by atoms with Crippen molar-refractivity contribution in [1.82, 2.24) is 10.2 Å². The van der Waals surface area contributed by atoms with E-state index in [-0.39, 0.29) is 0 Å². The number of rotatable bonds is 8. The molecular weight excluding hydrogens is 294 g/mol. The number of hydrogen-bond acceptors (Lipinski definition) is 3. The first kappa shape index (κ1) is 17.9. The van der Waals surface area contributed by atoms with Crippen molar-refractivity contribution in [2.75, 3.05) is 45.1 Å². The van der Waals surface area contributed by atoms with Crippen LogP contribution in [0.1, 0.15) is 46.5 Å². The van der Waals surface area contributed by atoms with Gasteiger partial charge >= 0.3 is 0 Å². The van der Waals surface area contributed by atoms with Gasteiger partial charge in [0.2, 0.25) is 0 Å². The Balaban J connectivity index is 1.89. The van der Waals surface area contributed by atoms with Gasteiger partial charge < -0.3 is 15.0 Å². The van der Waals surface area contributed by atoms with E-state index in [4.69, 9.17) is 9.73 Å². The summed E-state index contributed by atoms with van der Waals surface area (Å²) < 4.78 is 5.53. The van der Waals surface area contributed by atoms with Crippen molar-refractivity contribution in [3.8, 4) is 0 Å². The second kappa shape index (κ2) is 9.02. The average Bonchev–Trinajstić information content (AvgIpc) is 3.32. The molecule has 2 fully saturated rings. The number of thioether (sulfide) groups is 1. The molecule has 22 heavy (non-hydrogen) atoms. The first-order valence-electron chi connectivity index (χ1n) is 8.95. The number of nitrogens with one attached hydrogen (secondary N) is 1. The highest BCUT2D eigenvalue weighted by Crippen LogP contribution is 2.49. The molecular formula is C17H33N3OS. The van der Waals surface area contributed by atoms with E-state index in [1.807, 2.05) is 0 Å². The minimum atomic E-state index is 0.435. The van der Waals surface area contributed by atoms with Crippen LogP contribution in [-0.4, -0.2) is 61.3 Å². The zero-order chi connectivity index (χ0) is 15.8. The van der Waals surface area contributed by atoms with E-state index in [1.54, 1.807) is 0 Å². The summed E-state index contributed by atoms with van der Waals surface area (Å²) in [6, 6.07) is 0. The molecule has 1 N–H and O–H groups in total. The lowest BCUT2D eigenvalue weighted by molar-refractivity contribution is 0.129. The molecule has 1 aliphatic carbocycles. The van der Waals surface area contributed by atoms with Crippen molar-refractivity contribution in [1.29, 1.82) is 0 Å². The van der Waals surface area contributed by atoms with Gasteiger partial charge in [-0.05, 0) is 44.9 Å². The Hall–Kier alpha value is -0.420. The van der Waals surface area contributed by atoms with Gasteiger partial charge in [0.05, 0.1) is 0 Å². The fraction of sp³-hybridized carbons (Fsp3) is 0.941. The molecule has 0 bridgehead atoms. The molecule has 1 atom stereocenters. The van der Waals surface area contributed by atoms with E-state index < -0.39 is 0 Å². The van der Waals surface area contributed by atoms with Crippen molar-refractivity contribution >= 4 is 17.7 Å². The standard InChI is InChI=1S/C17H33N3OS/c1-4-15-13-20(10-12-22-15)16(18-5-2)19-14-17(7-8-17)9-11-21-6-3/h15H,4-14H2,1-3H3,(H,18,19). The molecule has 4 nitrogen and oxygen atoms in total. The van der Waals surface area contributed by atoms with E-state index >= 15 is 0 Å². The molecule has 2 rings (SSSR count). The van der Waals surface area contributed by atoms with Crippen LogP contribution in [0.2, 0.25) is 0 Å². The molecule has 0 spiro atoms. The SMILES string of the molecule is CCNC(=NCC1(CCOCC)CC1)N1CCSC(CC)C1. The number of ether oxygens (including phenoxy) is 1. The Kier molecular flexibility index (Phi) is 7.35. The van der Waals surface area contributed by atoms with Gasteiger partial charge in [0, 0.05) is 50.4 Å². The molecule has 5 heteroatoms. The zero-order valence-corrected chi connectivity index (χ0v) is 15.4. The fourth-order valence-corrected chi connectivity index (χ4v) is 4.10. The summed E-state index contributed by atoms with van der Waals surface area (Å²) in [5.41, 5.74) is 0.435. The van der Waals surface area contributed by atoms with Crippen molar-refractivity contribution in [3.63, 3.8) is 0 Å². The monoisotopic (exact) mass is 327 g/mol. The van der Waals surface area contributed by atoms with E-state index in [2.05, 4.69) is 42.7 Å². The number of aliphatic imine (C=N–C) groups is 1. The number of guanidine groups is 1. The van der Waals surface area contributed by atoms with Crippen LogP contribution in [0.4, 0.5) is 0 Å². The van der Waals surface area contributed by atoms with Crippen LogP contribution in [0.5, 0.6) is 0 Å². The highest BCUT2D eigenvalue weighted by molar-refractivity contribution is 8.00. The van der Waals surface area contributed by atoms with E-state index in [1.165, 1.54) is 25.0 Å². The molecule has 0 aromatic carbocycles. The smallest absolute Gasteiger partial charge is 0.193 e. The maximum absolute atomic E-state index is 5.53.